The summed E-state index contributed by atoms with van der Waals surface area (Å²) in [7, 11) is 3.80. The SMILES string of the molecule is C/C(=N\N(C)C)c1cccc(N)c1. The number of anilines is 1. The Morgan fingerprint density at radius 2 is 2.08 bits per heavy atom. The lowest BCUT2D eigenvalue weighted by molar-refractivity contribution is 0.438. The fourth-order valence-electron chi connectivity index (χ4n) is 1.12. The molecular weight excluding hydrogens is 162 g/mol. The summed E-state index contributed by atoms with van der Waals surface area (Å²) in [5, 5.41) is 6.06. The van der Waals surface area contributed by atoms with Crippen LogP contribution in [0.5, 0.6) is 0 Å². The van der Waals surface area contributed by atoms with Gasteiger partial charge in [0.15, 0.2) is 0 Å². The van der Waals surface area contributed by atoms with E-state index in [0.29, 0.717) is 0 Å². The molecule has 1 rings (SSSR count). The van der Waals surface area contributed by atoms with Crippen molar-refractivity contribution in [1.82, 2.24) is 5.01 Å². The van der Waals surface area contributed by atoms with Crippen molar-refractivity contribution in [2.24, 2.45) is 5.10 Å². The molecule has 0 aliphatic rings. The molecule has 2 N–H and O–H groups in total. The molecule has 0 saturated carbocycles. The van der Waals surface area contributed by atoms with Crippen molar-refractivity contribution < 1.29 is 0 Å². The molecule has 1 aromatic carbocycles. The minimum Gasteiger partial charge on any atom is -0.399 e. The first kappa shape index (κ1) is 9.58. The normalized spacial score (nSPS) is 11.5. The average Bonchev–Trinajstić information content (AvgIpc) is 2.03. The largest absolute Gasteiger partial charge is 0.399 e. The maximum absolute atomic E-state index is 5.66. The van der Waals surface area contributed by atoms with Crippen LogP contribution in [0.15, 0.2) is 29.4 Å². The van der Waals surface area contributed by atoms with Crippen molar-refractivity contribution in [2.45, 2.75) is 6.92 Å². The van der Waals surface area contributed by atoms with Gasteiger partial charge in [-0.3, -0.25) is 0 Å². The van der Waals surface area contributed by atoms with Crippen molar-refractivity contribution in [2.75, 3.05) is 19.8 Å². The zero-order chi connectivity index (χ0) is 9.84. The summed E-state index contributed by atoms with van der Waals surface area (Å²) in [5.41, 5.74) is 8.46. The fraction of sp³-hybridized carbons (Fsp3) is 0.300. The number of hydrogen-bond donors (Lipinski definition) is 1. The Morgan fingerprint density at radius 1 is 1.38 bits per heavy atom. The fourth-order valence-corrected chi connectivity index (χ4v) is 1.12. The van der Waals surface area contributed by atoms with Gasteiger partial charge in [0.1, 0.15) is 0 Å². The highest BCUT2D eigenvalue weighted by Gasteiger charge is 1.97. The number of nitrogen functional groups attached to an aromatic ring is 1. The van der Waals surface area contributed by atoms with Gasteiger partial charge in [-0.25, -0.2) is 0 Å². The lowest BCUT2D eigenvalue weighted by atomic mass is 10.1. The third-order valence-electron chi connectivity index (χ3n) is 1.65. The smallest absolute Gasteiger partial charge is 0.0647 e. The first-order valence-corrected chi connectivity index (χ1v) is 4.18. The summed E-state index contributed by atoms with van der Waals surface area (Å²) in [6, 6.07) is 7.72. The van der Waals surface area contributed by atoms with Crippen molar-refractivity contribution in [3.8, 4) is 0 Å². The van der Waals surface area contributed by atoms with Crippen LogP contribution in [-0.4, -0.2) is 24.8 Å². The molecule has 3 nitrogen and oxygen atoms in total. The molecule has 0 aromatic heterocycles. The molecule has 0 fully saturated rings. The summed E-state index contributed by atoms with van der Waals surface area (Å²) in [5.74, 6) is 0. The topological polar surface area (TPSA) is 41.6 Å². The third kappa shape index (κ3) is 2.78. The van der Waals surface area contributed by atoms with Crippen molar-refractivity contribution in [1.29, 1.82) is 0 Å². The van der Waals surface area contributed by atoms with E-state index in [1.807, 2.05) is 45.3 Å². The standard InChI is InChI=1S/C10H15N3/c1-8(12-13(2)3)9-5-4-6-10(11)7-9/h4-7H,11H2,1-3H3/b12-8+. The Balaban J connectivity index is 2.95. The second-order valence-electron chi connectivity index (χ2n) is 3.16. The highest BCUT2D eigenvalue weighted by atomic mass is 15.4. The maximum Gasteiger partial charge on any atom is 0.0647 e. The van der Waals surface area contributed by atoms with E-state index in [0.717, 1.165) is 17.0 Å². The average molecular weight is 177 g/mol. The Hall–Kier alpha value is -1.51. The van der Waals surface area contributed by atoms with Crippen LogP contribution in [0.4, 0.5) is 5.69 Å². The van der Waals surface area contributed by atoms with Gasteiger partial charge in [-0.2, -0.15) is 5.10 Å². The van der Waals surface area contributed by atoms with Gasteiger partial charge in [0, 0.05) is 19.8 Å². The van der Waals surface area contributed by atoms with Crippen molar-refractivity contribution >= 4 is 11.4 Å². The molecule has 0 radical (unpaired) electrons. The first-order valence-electron chi connectivity index (χ1n) is 4.18. The lowest BCUT2D eigenvalue weighted by Gasteiger charge is -2.07. The van der Waals surface area contributed by atoms with Gasteiger partial charge in [-0.15, -0.1) is 0 Å². The van der Waals surface area contributed by atoms with Gasteiger partial charge in [-0.05, 0) is 24.6 Å². The van der Waals surface area contributed by atoms with E-state index in [1.165, 1.54) is 0 Å². The molecule has 0 heterocycles. The van der Waals surface area contributed by atoms with Gasteiger partial charge in [0.25, 0.3) is 0 Å². The van der Waals surface area contributed by atoms with E-state index in [9.17, 15) is 0 Å². The second kappa shape index (κ2) is 3.94. The van der Waals surface area contributed by atoms with Gasteiger partial charge >= 0.3 is 0 Å². The Kier molecular flexibility index (Phi) is 2.90. The van der Waals surface area contributed by atoms with Gasteiger partial charge in [0.2, 0.25) is 0 Å². The highest BCUT2D eigenvalue weighted by molar-refractivity contribution is 5.99. The van der Waals surface area contributed by atoms with Crippen molar-refractivity contribution in [3.05, 3.63) is 29.8 Å². The molecule has 0 amide bonds. The molecule has 0 saturated heterocycles. The molecule has 0 unspecified atom stereocenters. The highest BCUT2D eigenvalue weighted by Crippen LogP contribution is 2.07. The van der Waals surface area contributed by atoms with Gasteiger partial charge < -0.3 is 10.7 Å². The van der Waals surface area contributed by atoms with Crippen LogP contribution < -0.4 is 5.73 Å². The maximum atomic E-state index is 5.66. The Labute approximate surface area is 78.9 Å². The van der Waals surface area contributed by atoms with Crippen LogP contribution in [0.1, 0.15) is 12.5 Å². The summed E-state index contributed by atoms with van der Waals surface area (Å²) in [6.45, 7) is 1.97. The van der Waals surface area contributed by atoms with E-state index < -0.39 is 0 Å². The molecule has 70 valence electrons. The Bertz CT molecular complexity index is 316. The summed E-state index contributed by atoms with van der Waals surface area (Å²) in [4.78, 5) is 0. The lowest BCUT2D eigenvalue weighted by Crippen LogP contribution is -2.07. The first-order chi connectivity index (χ1) is 6.09. The molecule has 3 heteroatoms. The van der Waals surface area contributed by atoms with E-state index >= 15 is 0 Å². The minimum atomic E-state index is 0.769. The molecule has 0 atom stereocenters. The zero-order valence-electron chi connectivity index (χ0n) is 8.28. The second-order valence-corrected chi connectivity index (χ2v) is 3.16. The van der Waals surface area contributed by atoms with Crippen LogP contribution in [0.2, 0.25) is 0 Å². The van der Waals surface area contributed by atoms with Crippen LogP contribution in [0, 0.1) is 0 Å². The molecule has 0 bridgehead atoms. The molecule has 0 spiro atoms. The summed E-state index contributed by atoms with van der Waals surface area (Å²) >= 11 is 0. The van der Waals surface area contributed by atoms with Crippen molar-refractivity contribution in [3.63, 3.8) is 0 Å². The number of hydrogen-bond acceptors (Lipinski definition) is 3. The van der Waals surface area contributed by atoms with Crippen LogP contribution >= 0.6 is 0 Å². The number of nitrogens with two attached hydrogens (primary N) is 1. The van der Waals surface area contributed by atoms with E-state index in [-0.39, 0.29) is 0 Å². The van der Waals surface area contributed by atoms with Crippen LogP contribution in [0.25, 0.3) is 0 Å². The number of hydrazone groups is 1. The van der Waals surface area contributed by atoms with E-state index in [2.05, 4.69) is 5.10 Å². The predicted octanol–water partition coefficient (Wildman–Crippen LogP) is 1.55. The molecule has 0 aliphatic heterocycles. The summed E-state index contributed by atoms with van der Waals surface area (Å²) in [6.07, 6.45) is 0. The molecular formula is C10H15N3. The predicted molar refractivity (Wildman–Crippen MR) is 56.8 cm³/mol. The molecule has 13 heavy (non-hydrogen) atoms. The van der Waals surface area contributed by atoms with Crippen LogP contribution in [0.3, 0.4) is 0 Å². The van der Waals surface area contributed by atoms with Gasteiger partial charge in [-0.1, -0.05) is 12.1 Å². The number of benzene rings is 1. The van der Waals surface area contributed by atoms with E-state index in [4.69, 9.17) is 5.73 Å². The molecule has 0 aliphatic carbocycles. The quantitative estimate of drug-likeness (QED) is 0.423. The summed E-state index contributed by atoms with van der Waals surface area (Å²) < 4.78 is 0. The monoisotopic (exact) mass is 177 g/mol. The zero-order valence-corrected chi connectivity index (χ0v) is 8.28. The van der Waals surface area contributed by atoms with Crippen LogP contribution in [-0.2, 0) is 0 Å². The molecule has 1 aromatic rings. The minimum absolute atomic E-state index is 0.769. The number of nitrogens with zero attached hydrogens (tertiary/aromatic N) is 2. The van der Waals surface area contributed by atoms with Gasteiger partial charge in [0.05, 0.1) is 5.71 Å². The third-order valence-corrected chi connectivity index (χ3v) is 1.65. The Morgan fingerprint density at radius 3 is 2.62 bits per heavy atom. The van der Waals surface area contributed by atoms with E-state index in [1.54, 1.807) is 5.01 Å². The number of rotatable bonds is 2.